The lowest BCUT2D eigenvalue weighted by molar-refractivity contribution is -0.121. The second-order valence-electron chi connectivity index (χ2n) is 5.91. The van der Waals surface area contributed by atoms with Crippen LogP contribution < -0.4 is 9.47 Å². The van der Waals surface area contributed by atoms with Gasteiger partial charge in [-0.05, 0) is 64.1 Å². The minimum Gasteiger partial charge on any atom is -0.493 e. The van der Waals surface area contributed by atoms with E-state index < -0.39 is 0 Å². The summed E-state index contributed by atoms with van der Waals surface area (Å²) in [7, 11) is 1.60. The Bertz CT molecular complexity index is 941. The van der Waals surface area contributed by atoms with Crippen LogP contribution in [0.25, 0.3) is 6.08 Å². The van der Waals surface area contributed by atoms with E-state index in [1.807, 2.05) is 48.5 Å². The molecule has 0 atom stereocenters. The van der Waals surface area contributed by atoms with E-state index in [-0.39, 0.29) is 5.91 Å². The number of hydrogen-bond acceptors (Lipinski definition) is 5. The van der Waals surface area contributed by atoms with Crippen LogP contribution in [0.4, 0.5) is 0 Å². The van der Waals surface area contributed by atoms with Gasteiger partial charge in [-0.25, -0.2) is 0 Å². The second-order valence-corrected chi connectivity index (χ2v) is 8.83. The van der Waals surface area contributed by atoms with Gasteiger partial charge in [0.1, 0.15) is 10.9 Å². The third-order valence-corrected chi connectivity index (χ3v) is 6.08. The molecule has 1 amide bonds. The molecule has 1 saturated heterocycles. The Balaban J connectivity index is 1.76. The normalized spacial score (nSPS) is 15.2. The lowest BCUT2D eigenvalue weighted by Crippen LogP contribution is -2.27. The smallest absolute Gasteiger partial charge is 0.266 e. The molecule has 28 heavy (non-hydrogen) atoms. The Morgan fingerprint density at radius 1 is 1.21 bits per heavy atom. The van der Waals surface area contributed by atoms with Crippen LogP contribution in [0.5, 0.6) is 11.5 Å². The molecule has 0 saturated carbocycles. The van der Waals surface area contributed by atoms with Crippen molar-refractivity contribution in [2.75, 3.05) is 13.7 Å². The van der Waals surface area contributed by atoms with Gasteiger partial charge in [0.2, 0.25) is 0 Å². The maximum Gasteiger partial charge on any atom is 0.266 e. The highest BCUT2D eigenvalue weighted by Crippen LogP contribution is 2.34. The van der Waals surface area contributed by atoms with Gasteiger partial charge < -0.3 is 9.47 Å². The van der Waals surface area contributed by atoms with Crippen molar-refractivity contribution in [3.8, 4) is 11.5 Å². The molecule has 2 aromatic rings. The number of thiocarbonyl (C=S) groups is 1. The number of carbonyl (C=O) groups is 1. The van der Waals surface area contributed by atoms with Gasteiger partial charge in [-0.1, -0.05) is 48.3 Å². The Kier molecular flexibility index (Phi) is 7.14. The van der Waals surface area contributed by atoms with Crippen LogP contribution in [-0.2, 0) is 11.4 Å². The summed E-state index contributed by atoms with van der Waals surface area (Å²) < 4.78 is 13.1. The van der Waals surface area contributed by atoms with Crippen molar-refractivity contribution in [1.29, 1.82) is 0 Å². The van der Waals surface area contributed by atoms with E-state index in [0.717, 1.165) is 11.1 Å². The van der Waals surface area contributed by atoms with Crippen LogP contribution in [0.3, 0.4) is 0 Å². The molecule has 3 rings (SSSR count). The average molecular weight is 523 g/mol. The van der Waals surface area contributed by atoms with Crippen LogP contribution in [0.2, 0.25) is 0 Å². The molecule has 0 N–H and O–H groups in total. The minimum absolute atomic E-state index is 0.104. The van der Waals surface area contributed by atoms with Crippen LogP contribution in [0.15, 0.2) is 60.0 Å². The molecule has 0 aliphatic carbocycles. The molecule has 0 radical (unpaired) electrons. The number of nitrogens with zero attached hydrogens (tertiary/aromatic N) is 1. The molecule has 0 spiro atoms. The first-order valence-corrected chi connectivity index (χ1v) is 10.7. The Morgan fingerprint density at radius 2 is 1.96 bits per heavy atom. The van der Waals surface area contributed by atoms with Crippen molar-refractivity contribution in [1.82, 2.24) is 4.90 Å². The number of rotatable bonds is 7. The number of ether oxygens (including phenoxy) is 2. The standard InChI is InChI=1S/C21H18INO3S2/c1-3-10-23-20(24)19(28-21(23)27)12-15-6-9-17(18(11-15)25-2)26-13-14-4-7-16(22)8-5-14/h3-9,11-12H,1,10,13H2,2H3/b19-12+. The van der Waals surface area contributed by atoms with Crippen molar-refractivity contribution >= 4 is 62.9 Å². The summed E-state index contributed by atoms with van der Waals surface area (Å²) in [4.78, 5) is 14.6. The fraction of sp³-hybridized carbons (Fsp3) is 0.143. The number of methoxy groups -OCH3 is 1. The topological polar surface area (TPSA) is 38.8 Å². The zero-order valence-corrected chi connectivity index (χ0v) is 19.0. The van der Waals surface area contributed by atoms with Crippen LogP contribution in [0.1, 0.15) is 11.1 Å². The largest absolute Gasteiger partial charge is 0.493 e. The van der Waals surface area contributed by atoms with Crippen molar-refractivity contribution in [2.45, 2.75) is 6.61 Å². The van der Waals surface area contributed by atoms with Gasteiger partial charge in [0.05, 0.1) is 12.0 Å². The van der Waals surface area contributed by atoms with E-state index in [0.29, 0.717) is 33.9 Å². The highest BCUT2D eigenvalue weighted by Gasteiger charge is 2.30. The van der Waals surface area contributed by atoms with E-state index in [4.69, 9.17) is 21.7 Å². The molecule has 1 aliphatic rings. The van der Waals surface area contributed by atoms with E-state index in [1.54, 1.807) is 13.2 Å². The Labute approximate surface area is 187 Å². The highest BCUT2D eigenvalue weighted by molar-refractivity contribution is 14.1. The van der Waals surface area contributed by atoms with Crippen molar-refractivity contribution < 1.29 is 14.3 Å². The predicted octanol–water partition coefficient (Wildman–Crippen LogP) is 5.27. The average Bonchev–Trinajstić information content (AvgIpc) is 2.96. The van der Waals surface area contributed by atoms with Gasteiger partial charge in [-0.15, -0.1) is 6.58 Å². The summed E-state index contributed by atoms with van der Waals surface area (Å²) in [6.07, 6.45) is 3.48. The molecule has 1 aliphatic heterocycles. The van der Waals surface area contributed by atoms with Gasteiger partial charge in [0.25, 0.3) is 5.91 Å². The minimum atomic E-state index is -0.104. The fourth-order valence-corrected chi connectivity index (χ4v) is 4.21. The first-order chi connectivity index (χ1) is 13.5. The Morgan fingerprint density at radius 3 is 2.64 bits per heavy atom. The monoisotopic (exact) mass is 523 g/mol. The lowest BCUT2D eigenvalue weighted by atomic mass is 10.1. The first kappa shape index (κ1) is 20.9. The zero-order valence-electron chi connectivity index (χ0n) is 15.2. The molecule has 4 nitrogen and oxygen atoms in total. The molecule has 2 aromatic carbocycles. The quantitative estimate of drug-likeness (QED) is 0.214. The molecular weight excluding hydrogens is 505 g/mol. The maximum absolute atomic E-state index is 12.5. The second kappa shape index (κ2) is 9.58. The number of thioether (sulfide) groups is 1. The van der Waals surface area contributed by atoms with Gasteiger partial charge in [0, 0.05) is 10.1 Å². The number of carbonyl (C=O) groups excluding carboxylic acids is 1. The van der Waals surface area contributed by atoms with Crippen LogP contribution in [0, 0.1) is 3.57 Å². The first-order valence-electron chi connectivity index (χ1n) is 8.43. The summed E-state index contributed by atoms with van der Waals surface area (Å²) in [6, 6.07) is 13.8. The maximum atomic E-state index is 12.5. The summed E-state index contributed by atoms with van der Waals surface area (Å²) in [5.41, 5.74) is 1.93. The lowest BCUT2D eigenvalue weighted by Gasteiger charge is -2.12. The third-order valence-electron chi connectivity index (χ3n) is 3.98. The van der Waals surface area contributed by atoms with Crippen LogP contribution >= 0.6 is 46.6 Å². The number of halogens is 1. The third kappa shape index (κ3) is 4.95. The molecule has 144 valence electrons. The van der Waals surface area contributed by atoms with Gasteiger partial charge in [0.15, 0.2) is 11.5 Å². The SMILES string of the molecule is C=CCN1C(=O)/C(=C\c2ccc(OCc3ccc(I)cc3)c(OC)c2)SC1=S. The summed E-state index contributed by atoms with van der Waals surface area (Å²) in [5.74, 6) is 1.16. The fourth-order valence-electron chi connectivity index (χ4n) is 2.57. The molecule has 0 bridgehead atoms. The Hall–Kier alpha value is -1.84. The molecular formula is C21H18INO3S2. The summed E-state index contributed by atoms with van der Waals surface area (Å²) in [6.45, 7) is 4.53. The van der Waals surface area contributed by atoms with E-state index in [1.165, 1.54) is 20.2 Å². The molecule has 1 heterocycles. The van der Waals surface area contributed by atoms with E-state index in [2.05, 4.69) is 29.2 Å². The van der Waals surface area contributed by atoms with Crippen LogP contribution in [-0.4, -0.2) is 28.8 Å². The molecule has 7 heteroatoms. The predicted molar refractivity (Wildman–Crippen MR) is 127 cm³/mol. The summed E-state index contributed by atoms with van der Waals surface area (Å²) >= 11 is 8.83. The van der Waals surface area contributed by atoms with Gasteiger partial charge in [-0.2, -0.15) is 0 Å². The number of amides is 1. The number of hydrogen-bond donors (Lipinski definition) is 0. The number of benzene rings is 2. The zero-order chi connectivity index (χ0) is 20.1. The highest BCUT2D eigenvalue weighted by atomic mass is 127. The molecule has 0 aromatic heterocycles. The molecule has 1 fully saturated rings. The summed E-state index contributed by atoms with van der Waals surface area (Å²) in [5, 5.41) is 0. The van der Waals surface area contributed by atoms with Crippen molar-refractivity contribution in [2.24, 2.45) is 0 Å². The van der Waals surface area contributed by atoms with Crippen molar-refractivity contribution in [3.05, 3.63) is 74.7 Å². The van der Waals surface area contributed by atoms with Crippen molar-refractivity contribution in [3.63, 3.8) is 0 Å². The van der Waals surface area contributed by atoms with E-state index >= 15 is 0 Å². The van der Waals surface area contributed by atoms with Gasteiger partial charge in [-0.3, -0.25) is 9.69 Å². The van der Waals surface area contributed by atoms with Gasteiger partial charge >= 0.3 is 0 Å². The van der Waals surface area contributed by atoms with E-state index in [9.17, 15) is 4.79 Å². The molecule has 0 unspecified atom stereocenters.